The number of nitriles is 1. The van der Waals surface area contributed by atoms with E-state index in [9.17, 15) is 4.79 Å². The number of ether oxygens (including phenoxy) is 2. The van der Waals surface area contributed by atoms with Crippen molar-refractivity contribution in [3.05, 3.63) is 77.4 Å². The summed E-state index contributed by atoms with van der Waals surface area (Å²) in [6.45, 7) is 1.83. The van der Waals surface area contributed by atoms with Crippen LogP contribution in [0.3, 0.4) is 0 Å². The molecule has 0 fully saturated rings. The van der Waals surface area contributed by atoms with E-state index < -0.39 is 0 Å². The standard InChI is InChI=1S/C23H18N6O3/c1-14-20(10-19(28-27-14)18-12-25-23(32-3)26-22(18)31-2)29-9-8-17(13-29)21(30)16-6-4-15(11-24)5-7-16/h4-10,12-13H,1-3H3. The molecule has 0 bridgehead atoms. The Morgan fingerprint density at radius 1 is 1.06 bits per heavy atom. The first-order valence-electron chi connectivity index (χ1n) is 9.57. The summed E-state index contributed by atoms with van der Waals surface area (Å²) in [6.07, 6.45) is 5.08. The van der Waals surface area contributed by atoms with Gasteiger partial charge in [0.1, 0.15) is 5.69 Å². The van der Waals surface area contributed by atoms with Gasteiger partial charge in [-0.25, -0.2) is 4.98 Å². The summed E-state index contributed by atoms with van der Waals surface area (Å²) < 4.78 is 12.2. The van der Waals surface area contributed by atoms with Crippen molar-refractivity contribution >= 4 is 5.78 Å². The van der Waals surface area contributed by atoms with Crippen LogP contribution in [0.1, 0.15) is 27.2 Å². The maximum Gasteiger partial charge on any atom is 0.319 e. The van der Waals surface area contributed by atoms with Crippen LogP contribution in [0, 0.1) is 18.3 Å². The molecule has 3 heterocycles. The van der Waals surface area contributed by atoms with Crippen LogP contribution >= 0.6 is 0 Å². The van der Waals surface area contributed by atoms with Crippen molar-refractivity contribution in [1.29, 1.82) is 5.26 Å². The van der Waals surface area contributed by atoms with Crippen molar-refractivity contribution in [3.8, 4) is 34.9 Å². The highest BCUT2D eigenvalue weighted by molar-refractivity contribution is 6.09. The molecule has 9 nitrogen and oxygen atoms in total. The van der Waals surface area contributed by atoms with Crippen molar-refractivity contribution in [2.24, 2.45) is 0 Å². The van der Waals surface area contributed by atoms with Gasteiger partial charge in [0.2, 0.25) is 5.88 Å². The van der Waals surface area contributed by atoms with E-state index in [1.54, 1.807) is 53.5 Å². The second-order valence-corrected chi connectivity index (χ2v) is 6.81. The van der Waals surface area contributed by atoms with Crippen molar-refractivity contribution in [1.82, 2.24) is 24.7 Å². The van der Waals surface area contributed by atoms with Crippen molar-refractivity contribution < 1.29 is 14.3 Å². The van der Waals surface area contributed by atoms with E-state index in [0.717, 1.165) is 5.69 Å². The number of rotatable bonds is 6. The third-order valence-corrected chi connectivity index (χ3v) is 4.84. The Morgan fingerprint density at radius 2 is 1.84 bits per heavy atom. The molecule has 9 heteroatoms. The summed E-state index contributed by atoms with van der Waals surface area (Å²) in [7, 11) is 2.97. The summed E-state index contributed by atoms with van der Waals surface area (Å²) in [5.74, 6) is 0.170. The third kappa shape index (κ3) is 3.89. The molecule has 0 aliphatic rings. The van der Waals surface area contributed by atoms with E-state index in [1.807, 2.05) is 19.1 Å². The number of aryl methyl sites for hydroxylation is 1. The average molecular weight is 426 g/mol. The minimum Gasteiger partial charge on any atom is -0.480 e. The number of benzene rings is 1. The van der Waals surface area contributed by atoms with Gasteiger partial charge in [0.05, 0.1) is 42.8 Å². The number of nitrogens with zero attached hydrogens (tertiary/aromatic N) is 6. The zero-order valence-electron chi connectivity index (χ0n) is 17.6. The normalized spacial score (nSPS) is 10.4. The molecular weight excluding hydrogens is 408 g/mol. The van der Waals surface area contributed by atoms with Crippen LogP contribution < -0.4 is 9.47 Å². The number of carbonyl (C=O) groups excluding carboxylic acids is 1. The van der Waals surface area contributed by atoms with Gasteiger partial charge in [0.15, 0.2) is 5.78 Å². The molecule has 4 rings (SSSR count). The lowest BCUT2D eigenvalue weighted by Gasteiger charge is -2.10. The molecule has 0 spiro atoms. The Labute approximate surface area is 183 Å². The number of ketones is 1. The largest absolute Gasteiger partial charge is 0.480 e. The van der Waals surface area contributed by atoms with Crippen LogP contribution in [-0.2, 0) is 0 Å². The summed E-state index contributed by atoms with van der Waals surface area (Å²) >= 11 is 0. The van der Waals surface area contributed by atoms with Gasteiger partial charge in [-0.1, -0.05) is 0 Å². The van der Waals surface area contributed by atoms with Crippen LogP contribution in [0.25, 0.3) is 16.9 Å². The number of aromatic nitrogens is 5. The smallest absolute Gasteiger partial charge is 0.319 e. The number of hydrogen-bond acceptors (Lipinski definition) is 8. The van der Waals surface area contributed by atoms with E-state index in [0.29, 0.717) is 39.5 Å². The molecule has 0 saturated carbocycles. The fraction of sp³-hybridized carbons (Fsp3) is 0.130. The zero-order valence-corrected chi connectivity index (χ0v) is 17.6. The fourth-order valence-electron chi connectivity index (χ4n) is 3.16. The van der Waals surface area contributed by atoms with Gasteiger partial charge in [0, 0.05) is 29.7 Å². The first-order chi connectivity index (χ1) is 15.5. The maximum atomic E-state index is 12.8. The van der Waals surface area contributed by atoms with Gasteiger partial charge >= 0.3 is 6.01 Å². The first-order valence-corrected chi connectivity index (χ1v) is 9.57. The second-order valence-electron chi connectivity index (χ2n) is 6.81. The molecule has 0 saturated heterocycles. The molecule has 4 aromatic rings. The summed E-state index contributed by atoms with van der Waals surface area (Å²) in [4.78, 5) is 21.2. The van der Waals surface area contributed by atoms with Crippen LogP contribution in [0.15, 0.2) is 55.0 Å². The lowest BCUT2D eigenvalue weighted by atomic mass is 10.0. The lowest BCUT2D eigenvalue weighted by Crippen LogP contribution is -2.03. The van der Waals surface area contributed by atoms with Gasteiger partial charge in [-0.2, -0.15) is 15.3 Å². The van der Waals surface area contributed by atoms with Crippen LogP contribution in [-0.4, -0.2) is 44.7 Å². The Kier molecular flexibility index (Phi) is 5.59. The summed E-state index contributed by atoms with van der Waals surface area (Å²) in [6, 6.07) is 12.3. The highest BCUT2D eigenvalue weighted by atomic mass is 16.5. The highest BCUT2D eigenvalue weighted by Gasteiger charge is 2.16. The van der Waals surface area contributed by atoms with E-state index in [1.165, 1.54) is 14.2 Å². The quantitative estimate of drug-likeness (QED) is 0.432. The Morgan fingerprint density at radius 3 is 2.53 bits per heavy atom. The summed E-state index contributed by atoms with van der Waals surface area (Å²) in [5.41, 5.74) is 4.01. The lowest BCUT2D eigenvalue weighted by molar-refractivity contribution is 0.103. The molecule has 158 valence electrons. The predicted molar refractivity (Wildman–Crippen MR) is 115 cm³/mol. The van der Waals surface area contributed by atoms with Crippen molar-refractivity contribution in [3.63, 3.8) is 0 Å². The number of carbonyl (C=O) groups is 1. The Balaban J connectivity index is 1.69. The maximum absolute atomic E-state index is 12.8. The average Bonchev–Trinajstić information content (AvgIpc) is 3.33. The molecular formula is C23H18N6O3. The Bertz CT molecular complexity index is 1340. The minimum absolute atomic E-state index is 0.140. The fourth-order valence-corrected chi connectivity index (χ4v) is 3.16. The number of hydrogen-bond donors (Lipinski definition) is 0. The molecule has 0 atom stereocenters. The van der Waals surface area contributed by atoms with E-state index in [-0.39, 0.29) is 11.8 Å². The second kappa shape index (κ2) is 8.65. The van der Waals surface area contributed by atoms with Gasteiger partial charge in [-0.3, -0.25) is 4.79 Å². The van der Waals surface area contributed by atoms with Crippen LogP contribution in [0.4, 0.5) is 0 Å². The van der Waals surface area contributed by atoms with E-state index in [2.05, 4.69) is 20.2 Å². The minimum atomic E-state index is -0.140. The van der Waals surface area contributed by atoms with E-state index >= 15 is 0 Å². The highest BCUT2D eigenvalue weighted by Crippen LogP contribution is 2.29. The molecule has 0 N–H and O–H groups in total. The van der Waals surface area contributed by atoms with E-state index in [4.69, 9.17) is 14.7 Å². The molecule has 1 aromatic carbocycles. The molecule has 0 radical (unpaired) electrons. The van der Waals surface area contributed by atoms with Crippen molar-refractivity contribution in [2.75, 3.05) is 14.2 Å². The van der Waals surface area contributed by atoms with Crippen molar-refractivity contribution in [2.45, 2.75) is 6.92 Å². The number of methoxy groups -OCH3 is 2. The third-order valence-electron chi connectivity index (χ3n) is 4.84. The molecule has 0 amide bonds. The van der Waals surface area contributed by atoms with Gasteiger partial charge in [0.25, 0.3) is 0 Å². The van der Waals surface area contributed by atoms with Crippen LogP contribution in [0.2, 0.25) is 0 Å². The molecule has 0 aliphatic carbocycles. The Hall–Kier alpha value is -4.58. The predicted octanol–water partition coefficient (Wildman–Crippen LogP) is 3.15. The summed E-state index contributed by atoms with van der Waals surface area (Å²) in [5, 5.41) is 17.4. The van der Waals surface area contributed by atoms with Crippen LogP contribution in [0.5, 0.6) is 11.9 Å². The molecule has 3 aromatic heterocycles. The topological polar surface area (TPSA) is 116 Å². The molecule has 0 unspecified atom stereocenters. The van der Waals surface area contributed by atoms with Gasteiger partial charge in [-0.15, -0.1) is 5.10 Å². The van der Waals surface area contributed by atoms with Gasteiger partial charge < -0.3 is 14.0 Å². The zero-order chi connectivity index (χ0) is 22.7. The molecule has 32 heavy (non-hydrogen) atoms. The monoisotopic (exact) mass is 426 g/mol. The molecule has 0 aliphatic heterocycles. The first kappa shape index (κ1) is 20.7. The van der Waals surface area contributed by atoms with Gasteiger partial charge in [-0.05, 0) is 43.3 Å². The SMILES string of the molecule is COc1ncc(-c2cc(-n3ccc(C(=O)c4ccc(C#N)cc4)c3)c(C)nn2)c(OC)n1.